The molecule has 0 spiro atoms. The Morgan fingerprint density at radius 3 is 2.80 bits per heavy atom. The Labute approximate surface area is 94.6 Å². The van der Waals surface area contributed by atoms with Crippen LogP contribution in [0.5, 0.6) is 0 Å². The van der Waals surface area contributed by atoms with E-state index in [1.54, 1.807) is 0 Å². The van der Waals surface area contributed by atoms with Crippen molar-refractivity contribution in [3.05, 3.63) is 11.1 Å². The van der Waals surface area contributed by atoms with E-state index < -0.39 is 0 Å². The highest BCUT2D eigenvalue weighted by molar-refractivity contribution is 6.28. The van der Waals surface area contributed by atoms with Gasteiger partial charge in [0.25, 0.3) is 0 Å². The lowest BCUT2D eigenvalue weighted by molar-refractivity contribution is 0.0723. The van der Waals surface area contributed by atoms with E-state index in [1.807, 2.05) is 18.4 Å². The number of ether oxygens (including phenoxy) is 1. The lowest BCUT2D eigenvalue weighted by atomic mass is 10.4. The van der Waals surface area contributed by atoms with E-state index in [1.165, 1.54) is 12.8 Å². The van der Waals surface area contributed by atoms with E-state index in [2.05, 4.69) is 10.2 Å². The van der Waals surface area contributed by atoms with Crippen LogP contribution in [0.2, 0.25) is 5.28 Å². The van der Waals surface area contributed by atoms with Crippen LogP contribution >= 0.6 is 11.6 Å². The van der Waals surface area contributed by atoms with E-state index >= 15 is 0 Å². The minimum atomic E-state index is 0.254. The van der Waals surface area contributed by atoms with Crippen molar-refractivity contribution in [2.45, 2.75) is 45.3 Å². The number of hydrogen-bond acceptors (Lipinski definition) is 3. The van der Waals surface area contributed by atoms with Gasteiger partial charge in [-0.2, -0.15) is 0 Å². The van der Waals surface area contributed by atoms with Crippen LogP contribution in [0.25, 0.3) is 0 Å². The first-order chi connectivity index (χ1) is 7.18. The fraction of sp³-hybridized carbons (Fsp3) is 0.800. The molecule has 1 heterocycles. The first kappa shape index (κ1) is 10.9. The van der Waals surface area contributed by atoms with E-state index in [-0.39, 0.29) is 6.10 Å². The van der Waals surface area contributed by atoms with Gasteiger partial charge < -0.3 is 4.74 Å². The molecule has 0 radical (unpaired) electrons. The van der Waals surface area contributed by atoms with E-state index in [9.17, 15) is 0 Å². The van der Waals surface area contributed by atoms with Gasteiger partial charge in [0.1, 0.15) is 5.82 Å². The molecular formula is C10H16ClN3O. The maximum Gasteiger partial charge on any atom is 0.225 e. The Kier molecular flexibility index (Phi) is 3.26. The molecule has 1 aliphatic rings. The van der Waals surface area contributed by atoms with Gasteiger partial charge >= 0.3 is 0 Å². The molecule has 4 nitrogen and oxygen atoms in total. The molecule has 1 aliphatic carbocycles. The molecule has 0 bridgehead atoms. The van der Waals surface area contributed by atoms with Gasteiger partial charge in [0.05, 0.1) is 19.3 Å². The predicted octanol–water partition coefficient (Wildman–Crippen LogP) is 2.23. The maximum absolute atomic E-state index is 5.97. The summed E-state index contributed by atoms with van der Waals surface area (Å²) in [5.74, 6) is 1.59. The van der Waals surface area contributed by atoms with Gasteiger partial charge in [-0.1, -0.05) is 0 Å². The van der Waals surface area contributed by atoms with Gasteiger partial charge in [-0.05, 0) is 38.3 Å². The molecular weight excluding hydrogens is 214 g/mol. The summed E-state index contributed by atoms with van der Waals surface area (Å²) in [6.45, 7) is 5.45. The maximum atomic E-state index is 5.97. The summed E-state index contributed by atoms with van der Waals surface area (Å²) < 4.78 is 7.45. The van der Waals surface area contributed by atoms with Crippen LogP contribution < -0.4 is 0 Å². The topological polar surface area (TPSA) is 39.9 Å². The third-order valence-electron chi connectivity index (χ3n) is 2.44. The molecule has 1 aromatic heterocycles. The standard InChI is InChI=1S/C10H16ClN3O/c1-7(2)15-6-5-14-9(8-3-4-8)12-13-10(14)11/h7-8H,3-6H2,1-2H3. The average Bonchev–Trinajstić information content (AvgIpc) is 2.94. The SMILES string of the molecule is CC(C)OCCn1c(Cl)nnc1C1CC1. The molecule has 0 saturated heterocycles. The lowest BCUT2D eigenvalue weighted by Crippen LogP contribution is -2.12. The number of rotatable bonds is 5. The second-order valence-electron chi connectivity index (χ2n) is 4.17. The highest BCUT2D eigenvalue weighted by Gasteiger charge is 2.29. The molecule has 84 valence electrons. The van der Waals surface area contributed by atoms with Crippen LogP contribution in [-0.2, 0) is 11.3 Å². The average molecular weight is 230 g/mol. The minimum Gasteiger partial charge on any atom is -0.377 e. The molecule has 1 saturated carbocycles. The summed E-state index contributed by atoms with van der Waals surface area (Å²) in [4.78, 5) is 0. The Hall–Kier alpha value is -0.610. The normalized spacial score (nSPS) is 16.3. The monoisotopic (exact) mass is 229 g/mol. The lowest BCUT2D eigenvalue weighted by Gasteiger charge is -2.09. The van der Waals surface area contributed by atoms with Crippen molar-refractivity contribution in [2.24, 2.45) is 0 Å². The van der Waals surface area contributed by atoms with E-state index in [4.69, 9.17) is 16.3 Å². The number of nitrogens with zero attached hydrogens (tertiary/aromatic N) is 3. The minimum absolute atomic E-state index is 0.254. The molecule has 2 rings (SSSR count). The smallest absolute Gasteiger partial charge is 0.225 e. The van der Waals surface area contributed by atoms with Crippen LogP contribution in [-0.4, -0.2) is 27.5 Å². The first-order valence-corrected chi connectivity index (χ1v) is 5.76. The van der Waals surface area contributed by atoms with Gasteiger partial charge in [0.2, 0.25) is 5.28 Å². The van der Waals surface area contributed by atoms with Crippen molar-refractivity contribution >= 4 is 11.6 Å². The van der Waals surface area contributed by atoms with Crippen molar-refractivity contribution in [2.75, 3.05) is 6.61 Å². The Morgan fingerprint density at radius 2 is 2.20 bits per heavy atom. The van der Waals surface area contributed by atoms with Crippen LogP contribution in [0.1, 0.15) is 38.4 Å². The van der Waals surface area contributed by atoms with Gasteiger partial charge in [0, 0.05) is 5.92 Å². The molecule has 0 unspecified atom stereocenters. The molecule has 15 heavy (non-hydrogen) atoms. The predicted molar refractivity (Wildman–Crippen MR) is 58.1 cm³/mol. The van der Waals surface area contributed by atoms with Crippen molar-refractivity contribution in [3.8, 4) is 0 Å². The largest absolute Gasteiger partial charge is 0.377 e. The fourth-order valence-electron chi connectivity index (χ4n) is 1.53. The third kappa shape index (κ3) is 2.69. The quantitative estimate of drug-likeness (QED) is 0.778. The number of aromatic nitrogens is 3. The van der Waals surface area contributed by atoms with Gasteiger partial charge in [-0.3, -0.25) is 4.57 Å². The molecule has 1 fully saturated rings. The molecule has 0 atom stereocenters. The van der Waals surface area contributed by atoms with E-state index in [0.717, 1.165) is 12.4 Å². The second kappa shape index (κ2) is 4.49. The van der Waals surface area contributed by atoms with Crippen molar-refractivity contribution < 1.29 is 4.74 Å². The Morgan fingerprint density at radius 1 is 1.47 bits per heavy atom. The Bertz CT molecular complexity index is 333. The molecule has 0 N–H and O–H groups in total. The molecule has 1 aromatic rings. The zero-order valence-corrected chi connectivity index (χ0v) is 9.87. The zero-order chi connectivity index (χ0) is 10.8. The molecule has 0 amide bonds. The number of hydrogen-bond donors (Lipinski definition) is 0. The summed E-state index contributed by atoms with van der Waals surface area (Å²) in [5.41, 5.74) is 0. The van der Waals surface area contributed by atoms with Crippen molar-refractivity contribution in [1.82, 2.24) is 14.8 Å². The summed E-state index contributed by atoms with van der Waals surface area (Å²) in [7, 11) is 0. The highest BCUT2D eigenvalue weighted by atomic mass is 35.5. The number of halogens is 1. The molecule has 0 aromatic carbocycles. The van der Waals surface area contributed by atoms with Crippen LogP contribution in [0.3, 0.4) is 0 Å². The first-order valence-electron chi connectivity index (χ1n) is 5.38. The summed E-state index contributed by atoms with van der Waals surface area (Å²) in [6, 6.07) is 0. The second-order valence-corrected chi connectivity index (χ2v) is 4.51. The summed E-state index contributed by atoms with van der Waals surface area (Å²) >= 11 is 5.97. The van der Waals surface area contributed by atoms with Crippen LogP contribution in [0.4, 0.5) is 0 Å². The van der Waals surface area contributed by atoms with Crippen molar-refractivity contribution in [3.63, 3.8) is 0 Å². The van der Waals surface area contributed by atoms with Crippen molar-refractivity contribution in [1.29, 1.82) is 0 Å². The van der Waals surface area contributed by atoms with Crippen LogP contribution in [0, 0.1) is 0 Å². The zero-order valence-electron chi connectivity index (χ0n) is 9.11. The fourth-order valence-corrected chi connectivity index (χ4v) is 1.73. The van der Waals surface area contributed by atoms with E-state index in [0.29, 0.717) is 17.8 Å². The molecule has 5 heteroatoms. The summed E-state index contributed by atoms with van der Waals surface area (Å²) in [5, 5.41) is 8.48. The van der Waals surface area contributed by atoms with Crippen LogP contribution in [0.15, 0.2) is 0 Å². The van der Waals surface area contributed by atoms with Gasteiger partial charge in [-0.25, -0.2) is 0 Å². The third-order valence-corrected chi connectivity index (χ3v) is 2.72. The van der Waals surface area contributed by atoms with Gasteiger partial charge in [0.15, 0.2) is 0 Å². The van der Waals surface area contributed by atoms with Gasteiger partial charge in [-0.15, -0.1) is 10.2 Å². The Balaban J connectivity index is 1.96. The summed E-state index contributed by atoms with van der Waals surface area (Å²) in [6.07, 6.45) is 2.67. The molecule has 0 aliphatic heterocycles. The highest BCUT2D eigenvalue weighted by Crippen LogP contribution is 2.39.